The van der Waals surface area contributed by atoms with E-state index < -0.39 is 0 Å². The number of hydrogen-bond donors (Lipinski definition) is 0. The van der Waals surface area contributed by atoms with Crippen LogP contribution < -0.4 is 0 Å². The molecule has 0 nitrogen and oxygen atoms in total. The van der Waals surface area contributed by atoms with Crippen LogP contribution in [0.15, 0.2) is 34.9 Å². The highest BCUT2D eigenvalue weighted by Gasteiger charge is 2.67. The van der Waals surface area contributed by atoms with E-state index in [0.717, 1.165) is 23.2 Å². The number of allylic oxidation sites excluding steroid dienone is 6. The Labute approximate surface area is 135 Å². The van der Waals surface area contributed by atoms with Gasteiger partial charge in [-0.3, -0.25) is 0 Å². The smallest absolute Gasteiger partial charge is 0.0159 e. The van der Waals surface area contributed by atoms with Gasteiger partial charge in [0.1, 0.15) is 0 Å². The Hall–Kier alpha value is -0.780. The number of fused-ring (bicyclic) bond motifs is 2. The van der Waals surface area contributed by atoms with Crippen LogP contribution in [0.4, 0.5) is 0 Å². The first-order chi connectivity index (χ1) is 10.6. The fraction of sp³-hybridized carbons (Fsp3) is 0.727. The van der Waals surface area contributed by atoms with Crippen molar-refractivity contribution in [3.63, 3.8) is 0 Å². The summed E-state index contributed by atoms with van der Waals surface area (Å²) >= 11 is 0. The maximum atomic E-state index is 2.72. The predicted octanol–water partition coefficient (Wildman–Crippen LogP) is 6.21. The highest BCUT2D eigenvalue weighted by Crippen LogP contribution is 2.75. The van der Waals surface area contributed by atoms with E-state index in [1.807, 2.05) is 0 Å². The molecular weight excluding hydrogens is 264 g/mol. The number of rotatable bonds is 1. The van der Waals surface area contributed by atoms with Gasteiger partial charge in [0.05, 0.1) is 0 Å². The predicted molar refractivity (Wildman–Crippen MR) is 92.5 cm³/mol. The van der Waals surface area contributed by atoms with Crippen LogP contribution in [0.2, 0.25) is 0 Å². The first kappa shape index (κ1) is 13.6. The van der Waals surface area contributed by atoms with Gasteiger partial charge in [-0.2, -0.15) is 0 Å². The molecule has 5 rings (SSSR count). The minimum Gasteiger partial charge on any atom is -0.0770 e. The lowest BCUT2D eigenvalue weighted by Gasteiger charge is -2.53. The standard InChI is InChI=1S/C22H30/c1-15-5-3-6-16(9-15)17-10-19-13-21(2)8-4-7-18(12-21)22(19)14-20(22)11-17/h6,9,11,18-20H,3-5,7-8,10,12-14H2,1-2H3/t18?,19?,20?,21-,22?/m1/s1. The Morgan fingerprint density at radius 3 is 2.86 bits per heavy atom. The van der Waals surface area contributed by atoms with E-state index in [4.69, 9.17) is 0 Å². The highest BCUT2D eigenvalue weighted by atomic mass is 14.7. The molecule has 0 N–H and O–H groups in total. The molecule has 5 aliphatic carbocycles. The summed E-state index contributed by atoms with van der Waals surface area (Å²) in [6.07, 6.45) is 20.8. The van der Waals surface area contributed by atoms with Crippen molar-refractivity contribution in [1.82, 2.24) is 0 Å². The van der Waals surface area contributed by atoms with Gasteiger partial charge < -0.3 is 0 Å². The van der Waals surface area contributed by atoms with Crippen LogP contribution in [0.25, 0.3) is 0 Å². The van der Waals surface area contributed by atoms with Crippen molar-refractivity contribution in [3.8, 4) is 0 Å². The van der Waals surface area contributed by atoms with Crippen molar-refractivity contribution in [2.24, 2.45) is 28.6 Å². The van der Waals surface area contributed by atoms with Crippen LogP contribution in [-0.2, 0) is 0 Å². The van der Waals surface area contributed by atoms with Crippen LogP contribution in [0, 0.1) is 28.6 Å². The first-order valence-electron chi connectivity index (χ1n) is 9.67. The van der Waals surface area contributed by atoms with Crippen LogP contribution in [0.1, 0.15) is 71.6 Å². The second kappa shape index (κ2) is 4.40. The minimum absolute atomic E-state index is 0.682. The summed E-state index contributed by atoms with van der Waals surface area (Å²) in [5.41, 5.74) is 6.33. The fourth-order valence-electron chi connectivity index (χ4n) is 6.94. The molecule has 0 aromatic carbocycles. The van der Waals surface area contributed by atoms with E-state index in [-0.39, 0.29) is 0 Å². The maximum Gasteiger partial charge on any atom is -0.0159 e. The second-order valence-corrected chi connectivity index (χ2v) is 9.51. The average Bonchev–Trinajstić information content (AvgIpc) is 3.22. The summed E-state index contributed by atoms with van der Waals surface area (Å²) in [4.78, 5) is 0. The van der Waals surface area contributed by atoms with Gasteiger partial charge >= 0.3 is 0 Å². The molecule has 0 radical (unpaired) electrons. The van der Waals surface area contributed by atoms with Gasteiger partial charge in [-0.1, -0.05) is 37.1 Å². The van der Waals surface area contributed by atoms with Gasteiger partial charge in [-0.15, -0.1) is 0 Å². The molecule has 0 amide bonds. The molecule has 0 heteroatoms. The van der Waals surface area contributed by atoms with Crippen molar-refractivity contribution in [2.75, 3.05) is 0 Å². The molecule has 3 saturated carbocycles. The third-order valence-electron chi connectivity index (χ3n) is 7.98. The van der Waals surface area contributed by atoms with E-state index in [2.05, 4.69) is 32.1 Å². The Bertz CT molecular complexity index is 604. The Balaban J connectivity index is 1.48. The lowest BCUT2D eigenvalue weighted by Crippen LogP contribution is -2.44. The van der Waals surface area contributed by atoms with Gasteiger partial charge in [0, 0.05) is 0 Å². The third-order valence-corrected chi connectivity index (χ3v) is 7.98. The summed E-state index contributed by atoms with van der Waals surface area (Å²) in [5, 5.41) is 0. The summed E-state index contributed by atoms with van der Waals surface area (Å²) in [6.45, 7) is 4.91. The normalized spacial score (nSPS) is 49.4. The molecule has 0 heterocycles. The molecule has 3 fully saturated rings. The largest absolute Gasteiger partial charge is 0.0770 e. The molecule has 118 valence electrons. The van der Waals surface area contributed by atoms with E-state index in [9.17, 15) is 0 Å². The lowest BCUT2D eigenvalue weighted by molar-refractivity contribution is -0.0216. The van der Waals surface area contributed by atoms with Gasteiger partial charge in [0.15, 0.2) is 0 Å². The van der Waals surface area contributed by atoms with Crippen molar-refractivity contribution in [3.05, 3.63) is 34.9 Å². The first-order valence-corrected chi connectivity index (χ1v) is 9.67. The molecule has 0 saturated heterocycles. The van der Waals surface area contributed by atoms with Crippen LogP contribution in [0.3, 0.4) is 0 Å². The average molecular weight is 294 g/mol. The Kier molecular flexibility index (Phi) is 2.73. The van der Waals surface area contributed by atoms with Gasteiger partial charge in [0.2, 0.25) is 0 Å². The molecule has 5 atom stereocenters. The van der Waals surface area contributed by atoms with Crippen LogP contribution in [0.5, 0.6) is 0 Å². The molecule has 0 aliphatic heterocycles. The van der Waals surface area contributed by atoms with E-state index in [1.54, 1.807) is 23.1 Å². The van der Waals surface area contributed by atoms with Crippen molar-refractivity contribution in [1.29, 1.82) is 0 Å². The molecule has 22 heavy (non-hydrogen) atoms. The van der Waals surface area contributed by atoms with Crippen molar-refractivity contribution in [2.45, 2.75) is 71.6 Å². The Morgan fingerprint density at radius 1 is 1.14 bits per heavy atom. The zero-order valence-corrected chi connectivity index (χ0v) is 14.3. The SMILES string of the molecule is CC1=CC(C2=CC3CC34C3CCC[C@](C)(C3)CC4C2)=CCC1. The van der Waals surface area contributed by atoms with Crippen molar-refractivity contribution >= 4 is 0 Å². The zero-order chi connectivity index (χ0) is 14.9. The molecule has 0 aromatic heterocycles. The monoisotopic (exact) mass is 294 g/mol. The van der Waals surface area contributed by atoms with E-state index >= 15 is 0 Å². The number of hydrogen-bond acceptors (Lipinski definition) is 0. The molecule has 5 aliphatic rings. The van der Waals surface area contributed by atoms with Crippen LogP contribution >= 0.6 is 0 Å². The Morgan fingerprint density at radius 2 is 2.00 bits per heavy atom. The van der Waals surface area contributed by atoms with Crippen molar-refractivity contribution < 1.29 is 0 Å². The maximum absolute atomic E-state index is 2.72. The highest BCUT2D eigenvalue weighted by molar-refractivity contribution is 5.47. The molecule has 1 spiro atoms. The van der Waals surface area contributed by atoms with Gasteiger partial charge in [-0.05, 0) is 98.0 Å². The molecule has 4 unspecified atom stereocenters. The van der Waals surface area contributed by atoms with E-state index in [0.29, 0.717) is 5.41 Å². The fourth-order valence-corrected chi connectivity index (χ4v) is 6.94. The quantitative estimate of drug-likeness (QED) is 0.539. The molecular formula is C22H30. The summed E-state index contributed by atoms with van der Waals surface area (Å²) in [6, 6.07) is 0. The second-order valence-electron chi connectivity index (χ2n) is 9.51. The minimum atomic E-state index is 0.682. The zero-order valence-electron chi connectivity index (χ0n) is 14.3. The lowest BCUT2D eigenvalue weighted by atomic mass is 9.51. The molecule has 0 aromatic rings. The summed E-state index contributed by atoms with van der Waals surface area (Å²) in [7, 11) is 0. The summed E-state index contributed by atoms with van der Waals surface area (Å²) in [5.74, 6) is 2.99. The van der Waals surface area contributed by atoms with Crippen LogP contribution in [-0.4, -0.2) is 0 Å². The van der Waals surface area contributed by atoms with Gasteiger partial charge in [-0.25, -0.2) is 0 Å². The molecule has 2 bridgehead atoms. The van der Waals surface area contributed by atoms with E-state index in [1.165, 1.54) is 51.4 Å². The van der Waals surface area contributed by atoms with Gasteiger partial charge in [0.25, 0.3) is 0 Å². The third kappa shape index (κ3) is 1.82. The summed E-state index contributed by atoms with van der Waals surface area (Å²) < 4.78 is 0. The topological polar surface area (TPSA) is 0 Å².